The van der Waals surface area contributed by atoms with Gasteiger partial charge < -0.3 is 32.1 Å². The SMILES string of the molecule is CC(C)C[C@H](NC(=O)[C@@H]1CCCN1C(=O)[C@@H](N)Cc1ccc(O)cc1)C(=O)NCC(N)=O. The van der Waals surface area contributed by atoms with Gasteiger partial charge in [-0.15, -0.1) is 0 Å². The Morgan fingerprint density at radius 3 is 2.44 bits per heavy atom. The van der Waals surface area contributed by atoms with E-state index in [1.807, 2.05) is 13.8 Å². The summed E-state index contributed by atoms with van der Waals surface area (Å²) in [5.74, 6) is -1.70. The van der Waals surface area contributed by atoms with E-state index in [9.17, 15) is 24.3 Å². The van der Waals surface area contributed by atoms with E-state index in [0.717, 1.165) is 5.56 Å². The van der Waals surface area contributed by atoms with E-state index in [-0.39, 0.29) is 30.5 Å². The molecule has 4 amide bonds. The Balaban J connectivity index is 2.03. The Labute approximate surface area is 187 Å². The fourth-order valence-electron chi connectivity index (χ4n) is 3.76. The third-order valence-electron chi connectivity index (χ3n) is 5.32. The number of hydrogen-bond acceptors (Lipinski definition) is 6. The van der Waals surface area contributed by atoms with Crippen LogP contribution in [0.4, 0.5) is 0 Å². The molecule has 3 atom stereocenters. The summed E-state index contributed by atoms with van der Waals surface area (Å²) in [5, 5.41) is 14.5. The van der Waals surface area contributed by atoms with Gasteiger partial charge in [-0.3, -0.25) is 19.2 Å². The van der Waals surface area contributed by atoms with Crippen LogP contribution in [-0.4, -0.2) is 64.9 Å². The molecule has 0 saturated carbocycles. The van der Waals surface area contributed by atoms with Crippen LogP contribution >= 0.6 is 0 Å². The van der Waals surface area contributed by atoms with Gasteiger partial charge in [0.15, 0.2) is 0 Å². The molecule has 0 radical (unpaired) electrons. The summed E-state index contributed by atoms with van der Waals surface area (Å²) < 4.78 is 0. The van der Waals surface area contributed by atoms with Gasteiger partial charge in [-0.25, -0.2) is 0 Å². The normalized spacial score (nSPS) is 17.6. The molecule has 7 N–H and O–H groups in total. The van der Waals surface area contributed by atoms with Crippen LogP contribution in [0, 0.1) is 5.92 Å². The molecular weight excluding hydrogens is 414 g/mol. The molecule has 1 aliphatic heterocycles. The molecule has 0 unspecified atom stereocenters. The first-order chi connectivity index (χ1) is 15.1. The summed E-state index contributed by atoms with van der Waals surface area (Å²) in [6.07, 6.45) is 1.77. The van der Waals surface area contributed by atoms with Gasteiger partial charge in [0.2, 0.25) is 23.6 Å². The number of amides is 4. The number of nitrogens with zero attached hydrogens (tertiary/aromatic N) is 1. The molecule has 1 aliphatic rings. The second kappa shape index (κ2) is 11.5. The van der Waals surface area contributed by atoms with E-state index in [1.165, 1.54) is 17.0 Å². The van der Waals surface area contributed by atoms with Crippen molar-refractivity contribution in [3.8, 4) is 5.75 Å². The summed E-state index contributed by atoms with van der Waals surface area (Å²) in [6.45, 7) is 3.91. The standard InChI is InChI=1S/C22H33N5O5/c1-13(2)10-17(20(30)25-12-19(24)29)26-21(31)18-4-3-9-27(18)22(32)16(23)11-14-5-7-15(28)8-6-14/h5-8,13,16-18,28H,3-4,9-12,23H2,1-2H3,(H2,24,29)(H,25,30)(H,26,31)/t16-,17-,18-/m0/s1. The molecule has 0 bridgehead atoms. The molecule has 0 aliphatic carbocycles. The molecule has 2 rings (SSSR count). The quantitative estimate of drug-likeness (QED) is 0.320. The summed E-state index contributed by atoms with van der Waals surface area (Å²) in [6, 6.07) is 4.04. The lowest BCUT2D eigenvalue weighted by Crippen LogP contribution is -2.56. The zero-order chi connectivity index (χ0) is 23.8. The number of phenols is 1. The van der Waals surface area contributed by atoms with Crippen LogP contribution in [0.25, 0.3) is 0 Å². The van der Waals surface area contributed by atoms with Crippen molar-refractivity contribution in [1.29, 1.82) is 0 Å². The zero-order valence-electron chi connectivity index (χ0n) is 18.5. The van der Waals surface area contributed by atoms with Gasteiger partial charge in [-0.2, -0.15) is 0 Å². The van der Waals surface area contributed by atoms with E-state index < -0.39 is 35.8 Å². The van der Waals surface area contributed by atoms with Gasteiger partial charge in [0, 0.05) is 6.54 Å². The summed E-state index contributed by atoms with van der Waals surface area (Å²) in [5.41, 5.74) is 12.0. The minimum atomic E-state index is -0.843. The zero-order valence-corrected chi connectivity index (χ0v) is 18.5. The smallest absolute Gasteiger partial charge is 0.243 e. The van der Waals surface area contributed by atoms with Crippen molar-refractivity contribution in [1.82, 2.24) is 15.5 Å². The van der Waals surface area contributed by atoms with Crippen molar-refractivity contribution in [2.45, 2.75) is 57.7 Å². The lowest BCUT2D eigenvalue weighted by molar-refractivity contribution is -0.140. The van der Waals surface area contributed by atoms with E-state index in [2.05, 4.69) is 10.6 Å². The highest BCUT2D eigenvalue weighted by atomic mass is 16.3. The van der Waals surface area contributed by atoms with Crippen LogP contribution in [-0.2, 0) is 25.6 Å². The van der Waals surface area contributed by atoms with Crippen molar-refractivity contribution in [2.75, 3.05) is 13.1 Å². The highest BCUT2D eigenvalue weighted by molar-refractivity contribution is 5.94. The summed E-state index contributed by atoms with van der Waals surface area (Å²) >= 11 is 0. The molecule has 0 spiro atoms. The molecule has 1 fully saturated rings. The predicted octanol–water partition coefficient (Wildman–Crippen LogP) is -0.615. The molecule has 1 saturated heterocycles. The Hall–Kier alpha value is -3.14. The van der Waals surface area contributed by atoms with Gasteiger partial charge in [0.05, 0.1) is 12.6 Å². The maximum absolute atomic E-state index is 13.0. The molecule has 10 nitrogen and oxygen atoms in total. The third-order valence-corrected chi connectivity index (χ3v) is 5.32. The van der Waals surface area contributed by atoms with Crippen molar-refractivity contribution < 1.29 is 24.3 Å². The number of primary amides is 1. The first-order valence-corrected chi connectivity index (χ1v) is 10.8. The minimum Gasteiger partial charge on any atom is -0.508 e. The monoisotopic (exact) mass is 447 g/mol. The van der Waals surface area contributed by atoms with E-state index in [4.69, 9.17) is 11.5 Å². The molecule has 176 valence electrons. The van der Waals surface area contributed by atoms with Crippen LogP contribution in [0.1, 0.15) is 38.7 Å². The van der Waals surface area contributed by atoms with Crippen LogP contribution in [0.3, 0.4) is 0 Å². The molecule has 0 aromatic heterocycles. The van der Waals surface area contributed by atoms with E-state index in [1.54, 1.807) is 12.1 Å². The molecule has 1 aromatic rings. The van der Waals surface area contributed by atoms with Gasteiger partial charge >= 0.3 is 0 Å². The van der Waals surface area contributed by atoms with Crippen molar-refractivity contribution in [3.63, 3.8) is 0 Å². The number of hydrogen-bond donors (Lipinski definition) is 5. The average molecular weight is 448 g/mol. The first kappa shape index (κ1) is 25.1. The largest absolute Gasteiger partial charge is 0.508 e. The van der Waals surface area contributed by atoms with Crippen LogP contribution in [0.15, 0.2) is 24.3 Å². The number of aromatic hydroxyl groups is 1. The average Bonchev–Trinajstić information content (AvgIpc) is 3.22. The van der Waals surface area contributed by atoms with Crippen LogP contribution in [0.2, 0.25) is 0 Å². The lowest BCUT2D eigenvalue weighted by Gasteiger charge is -2.28. The molecule has 1 heterocycles. The highest BCUT2D eigenvalue weighted by Gasteiger charge is 2.37. The lowest BCUT2D eigenvalue weighted by atomic mass is 10.0. The number of benzene rings is 1. The number of carbonyl (C=O) groups excluding carboxylic acids is 4. The van der Waals surface area contributed by atoms with E-state index >= 15 is 0 Å². The van der Waals surface area contributed by atoms with Gasteiger partial charge in [-0.05, 0) is 49.3 Å². The second-order valence-corrected chi connectivity index (χ2v) is 8.54. The third kappa shape index (κ3) is 7.23. The van der Waals surface area contributed by atoms with Crippen molar-refractivity contribution >= 4 is 23.6 Å². The predicted molar refractivity (Wildman–Crippen MR) is 118 cm³/mol. The second-order valence-electron chi connectivity index (χ2n) is 8.54. The van der Waals surface area contributed by atoms with Crippen molar-refractivity contribution in [3.05, 3.63) is 29.8 Å². The Kier molecular flexibility index (Phi) is 9.01. The van der Waals surface area contributed by atoms with Crippen molar-refractivity contribution in [2.24, 2.45) is 17.4 Å². The molecule has 1 aromatic carbocycles. The number of carbonyl (C=O) groups is 4. The Morgan fingerprint density at radius 1 is 1.19 bits per heavy atom. The summed E-state index contributed by atoms with van der Waals surface area (Å²) in [7, 11) is 0. The molecule has 10 heteroatoms. The maximum Gasteiger partial charge on any atom is 0.243 e. The van der Waals surface area contributed by atoms with Crippen LogP contribution < -0.4 is 22.1 Å². The number of likely N-dealkylation sites (tertiary alicyclic amines) is 1. The van der Waals surface area contributed by atoms with Gasteiger partial charge in [0.25, 0.3) is 0 Å². The highest BCUT2D eigenvalue weighted by Crippen LogP contribution is 2.20. The fraction of sp³-hybridized carbons (Fsp3) is 0.545. The number of nitrogens with two attached hydrogens (primary N) is 2. The Bertz CT molecular complexity index is 827. The number of rotatable bonds is 10. The minimum absolute atomic E-state index is 0.111. The Morgan fingerprint density at radius 2 is 1.84 bits per heavy atom. The summed E-state index contributed by atoms with van der Waals surface area (Å²) in [4.78, 5) is 50.8. The fourth-order valence-corrected chi connectivity index (χ4v) is 3.76. The van der Waals surface area contributed by atoms with E-state index in [0.29, 0.717) is 25.8 Å². The maximum atomic E-state index is 13.0. The number of phenolic OH excluding ortho intramolecular Hbond substituents is 1. The van der Waals surface area contributed by atoms with Gasteiger partial charge in [0.1, 0.15) is 17.8 Å². The molecule has 32 heavy (non-hydrogen) atoms. The first-order valence-electron chi connectivity index (χ1n) is 10.8. The topological polar surface area (TPSA) is 168 Å². The van der Waals surface area contributed by atoms with Gasteiger partial charge in [-0.1, -0.05) is 26.0 Å². The molecular formula is C22H33N5O5. The van der Waals surface area contributed by atoms with Crippen LogP contribution in [0.5, 0.6) is 5.75 Å². The number of nitrogens with one attached hydrogen (secondary N) is 2.